The Labute approximate surface area is 471 Å². The van der Waals surface area contributed by atoms with E-state index in [1.165, 1.54) is 41.0 Å². The molecule has 8 aromatic rings. The number of aromatic amines is 2. The molecule has 5 aromatic carbocycles. The molecule has 2 aliphatic heterocycles. The Morgan fingerprint density at radius 1 is 0.444 bits per heavy atom. The second kappa shape index (κ2) is 22.1. The largest absolute Gasteiger partial charge is 0.504 e. The van der Waals surface area contributed by atoms with Gasteiger partial charge in [0, 0.05) is 56.0 Å². The zero-order chi connectivity index (χ0) is 57.4. The van der Waals surface area contributed by atoms with Crippen LogP contribution < -0.4 is 9.47 Å². The number of benzene rings is 5. The van der Waals surface area contributed by atoms with Crippen LogP contribution in [0.15, 0.2) is 157 Å². The number of ketones is 1. The summed E-state index contributed by atoms with van der Waals surface area (Å²) < 4.78 is 50.1. The quantitative estimate of drug-likeness (QED) is 0.0459. The van der Waals surface area contributed by atoms with Gasteiger partial charge in [-0.3, -0.25) is 4.79 Å². The van der Waals surface area contributed by atoms with Crippen LogP contribution in [0.5, 0.6) is 11.5 Å². The van der Waals surface area contributed by atoms with E-state index in [1.54, 1.807) is 0 Å². The number of ether oxygens (including phenoxy) is 2. The van der Waals surface area contributed by atoms with E-state index in [2.05, 4.69) is 206 Å². The molecule has 0 radical (unpaired) electrons. The summed E-state index contributed by atoms with van der Waals surface area (Å²) in [4.78, 5) is 31.0. The van der Waals surface area contributed by atoms with Crippen LogP contribution in [-0.2, 0) is 16.2 Å². The van der Waals surface area contributed by atoms with Crippen molar-refractivity contribution in [2.24, 2.45) is 0 Å². The molecule has 412 valence electrons. The number of fused-ring (bicyclic) bond motifs is 8. The lowest BCUT2D eigenvalue weighted by Gasteiger charge is -2.19. The summed E-state index contributed by atoms with van der Waals surface area (Å²) >= 11 is 0. The molecule has 0 spiro atoms. The van der Waals surface area contributed by atoms with Gasteiger partial charge in [-0.1, -0.05) is 147 Å². The highest BCUT2D eigenvalue weighted by Crippen LogP contribution is 2.40. The van der Waals surface area contributed by atoms with Gasteiger partial charge in [-0.05, 0) is 153 Å². The number of carbonyl (C=O) groups excluding carboxylic acids is 1. The number of aliphatic hydroxyl groups is 1. The van der Waals surface area contributed by atoms with Crippen LogP contribution in [0.4, 0.5) is 13.2 Å². The number of aromatic nitrogens is 4. The predicted molar refractivity (Wildman–Crippen MR) is 324 cm³/mol. The smallest absolute Gasteiger partial charge is 0.448 e. The average molecular weight is 1090 g/mol. The van der Waals surface area contributed by atoms with E-state index in [1.807, 2.05) is 12.1 Å². The molecule has 0 aliphatic carbocycles. The van der Waals surface area contributed by atoms with E-state index < -0.39 is 17.7 Å². The first kappa shape index (κ1) is 55.6. The molecule has 0 atom stereocenters. The van der Waals surface area contributed by atoms with Crippen LogP contribution in [0.25, 0.3) is 90.9 Å². The third kappa shape index (κ3) is 12.4. The summed E-state index contributed by atoms with van der Waals surface area (Å²) in [6.07, 6.45) is 5.01. The van der Waals surface area contributed by atoms with Crippen LogP contribution in [0.2, 0.25) is 0 Å². The third-order valence-electron chi connectivity index (χ3n) is 14.8. The predicted octanol–water partition coefficient (Wildman–Crippen LogP) is 18.6. The summed E-state index contributed by atoms with van der Waals surface area (Å²) in [5.41, 5.74) is 18.6. The number of H-pyrrole nitrogens is 2. The van der Waals surface area contributed by atoms with Gasteiger partial charge in [0.1, 0.15) is 11.5 Å². The Bertz CT molecular complexity index is 3840. The first-order valence-electron chi connectivity index (χ1n) is 27.5. The molecule has 8 nitrogen and oxygen atoms in total. The van der Waals surface area contributed by atoms with Crippen LogP contribution in [0, 0.1) is 0 Å². The number of unbranched alkanes of at least 4 members (excludes halogenated alkanes) is 1. The minimum absolute atomic E-state index is 0.00560. The monoisotopic (exact) mass is 1080 g/mol. The molecule has 10 rings (SSSR count). The van der Waals surface area contributed by atoms with Gasteiger partial charge in [-0.25, -0.2) is 9.97 Å². The highest BCUT2D eigenvalue weighted by atomic mass is 19.4. The summed E-state index contributed by atoms with van der Waals surface area (Å²) in [5.74, 6) is -1.75. The molecule has 0 unspecified atom stereocenters. The summed E-state index contributed by atoms with van der Waals surface area (Å²) in [7, 11) is 0. The average Bonchev–Trinajstić information content (AvgIpc) is 4.37. The molecular formula is C70H67F3N4O4. The minimum atomic E-state index is -5.00. The number of nitrogens with one attached hydrogen (secondary N) is 2. The number of hydrogen-bond donors (Lipinski definition) is 3. The molecule has 2 aliphatic rings. The summed E-state index contributed by atoms with van der Waals surface area (Å²) in [5, 5.41) is 9.16. The van der Waals surface area contributed by atoms with Crippen molar-refractivity contribution in [2.45, 2.75) is 97.6 Å². The maximum absolute atomic E-state index is 12.7. The third-order valence-corrected chi connectivity index (χ3v) is 14.8. The number of alkyl halides is 3. The Hall–Kier alpha value is -8.70. The van der Waals surface area contributed by atoms with E-state index in [0.29, 0.717) is 37.6 Å². The van der Waals surface area contributed by atoms with Gasteiger partial charge in [-0.2, -0.15) is 13.2 Å². The molecule has 0 amide bonds. The molecule has 11 heteroatoms. The number of allylic oxidation sites excluding steroid dienone is 2. The lowest BCUT2D eigenvalue weighted by molar-refractivity contribution is -0.120. The Balaban J connectivity index is 1.05. The molecule has 3 N–H and O–H groups in total. The number of carbonyl (C=O) groups is 1. The normalized spacial score (nSPS) is 13.0. The van der Waals surface area contributed by atoms with Crippen molar-refractivity contribution in [2.75, 3.05) is 13.2 Å². The van der Waals surface area contributed by atoms with Crippen LogP contribution in [-0.4, -0.2) is 50.2 Å². The lowest BCUT2D eigenvalue weighted by Crippen LogP contribution is -2.13. The van der Waals surface area contributed by atoms with E-state index >= 15 is 0 Å². The molecular weight excluding hydrogens is 1020 g/mol. The Kier molecular flexibility index (Phi) is 15.2. The van der Waals surface area contributed by atoms with E-state index in [-0.39, 0.29) is 27.9 Å². The molecule has 5 heterocycles. The first-order chi connectivity index (χ1) is 38.5. The van der Waals surface area contributed by atoms with E-state index in [0.717, 1.165) is 89.4 Å². The Morgan fingerprint density at radius 3 is 1.01 bits per heavy atom. The first-order valence-corrected chi connectivity index (χ1v) is 27.5. The standard InChI is InChI=1S/C70H67F3N4O4/c1-67(2,3)48-22-12-44(13-23-48)63-53-32-34-55(74-53)64(45-14-24-49(25-15-45)68(4,5)6)57-36-38-59(76-57)66(60-39-37-58(77-60)65(56-35-33-54(63)75-56)46-16-26-50(27-17-46)69(7,8)9)47-20-30-52(31-21-47)81-41-11-10-40-80-51-28-18-43(19-29-51)61(78)42-62(79)70(71,72)73/h12-39,42,74,77,79H,10-11,40-41H2,1-9H3/b62-42-,63-53?,63-54?,64-55?,64-57?,65-56?,65-58?,66-59?,66-60?. The molecule has 0 saturated carbocycles. The zero-order valence-electron chi connectivity index (χ0n) is 47.3. The fourth-order valence-electron chi connectivity index (χ4n) is 10.1. The van der Waals surface area contributed by atoms with Gasteiger partial charge >= 0.3 is 6.18 Å². The fraction of sp³-hybridized carbons (Fsp3) is 0.243. The fourth-order valence-corrected chi connectivity index (χ4v) is 10.1. The molecule has 81 heavy (non-hydrogen) atoms. The topological polar surface area (TPSA) is 113 Å². The van der Waals surface area contributed by atoms with Gasteiger partial charge in [0.05, 0.1) is 36.0 Å². The minimum Gasteiger partial charge on any atom is -0.504 e. The number of rotatable bonds is 13. The molecule has 8 bridgehead atoms. The molecule has 0 saturated heterocycles. The van der Waals surface area contributed by atoms with Crippen molar-refractivity contribution in [1.29, 1.82) is 0 Å². The van der Waals surface area contributed by atoms with Crippen molar-refractivity contribution < 1.29 is 32.5 Å². The van der Waals surface area contributed by atoms with Crippen molar-refractivity contribution in [3.05, 3.63) is 202 Å². The Morgan fingerprint density at radius 2 is 0.728 bits per heavy atom. The SMILES string of the molecule is CC(C)(C)c1ccc(-c2c3nc(c(-c4ccc(C(C)(C)C)cc4)c4ccc([nH]4)c(-c4ccc(C(C)(C)C)cc4)c4nc(c(-c5ccc(OCCCCOc6ccc(C(=O)/C=C(\O)C(F)(F)F)cc6)cc5)c5ccc2[nH]5)C=C4)C=C3)cc1. The highest BCUT2D eigenvalue weighted by Gasteiger charge is 2.34. The van der Waals surface area contributed by atoms with Gasteiger partial charge < -0.3 is 24.5 Å². The van der Waals surface area contributed by atoms with Crippen molar-refractivity contribution >= 4 is 52.2 Å². The maximum Gasteiger partial charge on any atom is 0.448 e. The van der Waals surface area contributed by atoms with Gasteiger partial charge in [0.2, 0.25) is 5.76 Å². The van der Waals surface area contributed by atoms with E-state index in [4.69, 9.17) is 24.5 Å². The van der Waals surface area contributed by atoms with Crippen LogP contribution in [0.3, 0.4) is 0 Å². The maximum atomic E-state index is 12.7. The number of aliphatic hydroxyl groups excluding tert-OH is 1. The lowest BCUT2D eigenvalue weighted by atomic mass is 9.86. The molecule has 0 fully saturated rings. The number of nitrogens with zero attached hydrogens (tertiary/aromatic N) is 2. The highest BCUT2D eigenvalue weighted by molar-refractivity contribution is 6.05. The van der Waals surface area contributed by atoms with Crippen molar-refractivity contribution in [3.63, 3.8) is 0 Å². The summed E-state index contributed by atoms with van der Waals surface area (Å²) in [6.45, 7) is 20.9. The number of halogens is 3. The second-order valence-corrected chi connectivity index (χ2v) is 23.8. The summed E-state index contributed by atoms with van der Waals surface area (Å²) in [6, 6.07) is 49.0. The number of hydrogen-bond acceptors (Lipinski definition) is 6. The van der Waals surface area contributed by atoms with Crippen molar-refractivity contribution in [1.82, 2.24) is 19.9 Å². The van der Waals surface area contributed by atoms with Gasteiger partial charge in [0.15, 0.2) is 5.78 Å². The van der Waals surface area contributed by atoms with Gasteiger partial charge in [0.25, 0.3) is 0 Å². The zero-order valence-corrected chi connectivity index (χ0v) is 47.3. The molecule has 3 aromatic heterocycles. The van der Waals surface area contributed by atoms with Crippen LogP contribution >= 0.6 is 0 Å². The van der Waals surface area contributed by atoms with Crippen LogP contribution in [0.1, 0.15) is 125 Å². The van der Waals surface area contributed by atoms with Crippen molar-refractivity contribution in [3.8, 4) is 56.0 Å². The van der Waals surface area contributed by atoms with E-state index in [9.17, 15) is 18.0 Å². The second-order valence-electron chi connectivity index (χ2n) is 23.8. The van der Waals surface area contributed by atoms with Gasteiger partial charge in [-0.15, -0.1) is 0 Å².